The standard InChI is InChI=1S/C13H21N3O3S/c1-3-20(18,19)16-8-4-7-15-13(17)12-9-11(14)6-5-10(12)2/h5-6,9,16H,3-4,7-8,14H2,1-2H3,(H,15,17). The number of benzene rings is 1. The maximum absolute atomic E-state index is 11.9. The number of nitrogens with one attached hydrogen (secondary N) is 2. The normalized spacial score (nSPS) is 11.3. The molecule has 1 aromatic carbocycles. The molecule has 0 aromatic heterocycles. The lowest BCUT2D eigenvalue weighted by Crippen LogP contribution is -2.30. The molecular formula is C13H21N3O3S. The lowest BCUT2D eigenvalue weighted by Gasteiger charge is -2.09. The molecule has 0 bridgehead atoms. The molecule has 1 amide bonds. The number of carbonyl (C=O) groups excluding carboxylic acids is 1. The fraction of sp³-hybridized carbons (Fsp3) is 0.462. The lowest BCUT2D eigenvalue weighted by molar-refractivity contribution is 0.0953. The molecule has 0 saturated carbocycles. The van der Waals surface area contributed by atoms with E-state index in [0.717, 1.165) is 5.56 Å². The molecule has 0 unspecified atom stereocenters. The zero-order chi connectivity index (χ0) is 15.2. The summed E-state index contributed by atoms with van der Waals surface area (Å²) < 4.78 is 24.8. The summed E-state index contributed by atoms with van der Waals surface area (Å²) in [7, 11) is -3.16. The van der Waals surface area contributed by atoms with Crippen LogP contribution in [-0.4, -0.2) is 33.2 Å². The van der Waals surface area contributed by atoms with Crippen molar-refractivity contribution in [1.29, 1.82) is 0 Å². The van der Waals surface area contributed by atoms with Gasteiger partial charge in [-0.25, -0.2) is 13.1 Å². The molecule has 0 spiro atoms. The van der Waals surface area contributed by atoms with Gasteiger partial charge in [0, 0.05) is 24.3 Å². The number of sulfonamides is 1. The van der Waals surface area contributed by atoms with Crippen LogP contribution < -0.4 is 15.8 Å². The summed E-state index contributed by atoms with van der Waals surface area (Å²) in [5, 5.41) is 2.74. The molecule has 0 aliphatic carbocycles. The van der Waals surface area contributed by atoms with Gasteiger partial charge in [-0.05, 0) is 38.0 Å². The van der Waals surface area contributed by atoms with Gasteiger partial charge < -0.3 is 11.1 Å². The van der Waals surface area contributed by atoms with Gasteiger partial charge in [-0.3, -0.25) is 4.79 Å². The minimum atomic E-state index is -3.16. The molecule has 0 heterocycles. The van der Waals surface area contributed by atoms with Crippen molar-refractivity contribution in [3.8, 4) is 0 Å². The minimum absolute atomic E-state index is 0.0574. The van der Waals surface area contributed by atoms with Crippen LogP contribution in [0.2, 0.25) is 0 Å². The molecule has 20 heavy (non-hydrogen) atoms. The van der Waals surface area contributed by atoms with Crippen molar-refractivity contribution >= 4 is 21.6 Å². The summed E-state index contributed by atoms with van der Waals surface area (Å²) in [6.45, 7) is 4.13. The number of rotatable bonds is 7. The SMILES string of the molecule is CCS(=O)(=O)NCCCNC(=O)c1cc(N)ccc1C. The van der Waals surface area contributed by atoms with E-state index >= 15 is 0 Å². The Kier molecular flexibility index (Phi) is 5.97. The Morgan fingerprint density at radius 1 is 1.30 bits per heavy atom. The van der Waals surface area contributed by atoms with Gasteiger partial charge in [0.1, 0.15) is 0 Å². The first-order valence-electron chi connectivity index (χ1n) is 6.47. The maximum atomic E-state index is 11.9. The van der Waals surface area contributed by atoms with E-state index in [-0.39, 0.29) is 11.7 Å². The number of amides is 1. The Hall–Kier alpha value is -1.60. The van der Waals surface area contributed by atoms with Crippen molar-refractivity contribution in [1.82, 2.24) is 10.0 Å². The molecule has 1 rings (SSSR count). The van der Waals surface area contributed by atoms with Crippen LogP contribution in [0.3, 0.4) is 0 Å². The first-order chi connectivity index (χ1) is 9.35. The smallest absolute Gasteiger partial charge is 0.251 e. The fourth-order valence-corrected chi connectivity index (χ4v) is 2.26. The molecule has 0 radical (unpaired) electrons. The van der Waals surface area contributed by atoms with Crippen LogP contribution in [0.4, 0.5) is 5.69 Å². The number of aryl methyl sites for hydroxylation is 1. The summed E-state index contributed by atoms with van der Waals surface area (Å²) in [5.41, 5.74) is 7.58. The summed E-state index contributed by atoms with van der Waals surface area (Å²) >= 11 is 0. The highest BCUT2D eigenvalue weighted by molar-refractivity contribution is 7.89. The van der Waals surface area contributed by atoms with Gasteiger partial charge in [0.2, 0.25) is 10.0 Å². The zero-order valence-electron chi connectivity index (χ0n) is 11.8. The average Bonchev–Trinajstić information content (AvgIpc) is 2.40. The van der Waals surface area contributed by atoms with Crippen LogP contribution in [0.15, 0.2) is 18.2 Å². The molecule has 0 fully saturated rings. The van der Waals surface area contributed by atoms with Crippen molar-refractivity contribution in [2.24, 2.45) is 0 Å². The molecule has 0 aliphatic rings. The van der Waals surface area contributed by atoms with Crippen LogP contribution in [0.1, 0.15) is 29.3 Å². The molecule has 4 N–H and O–H groups in total. The van der Waals surface area contributed by atoms with Gasteiger partial charge in [-0.15, -0.1) is 0 Å². The molecule has 1 aromatic rings. The highest BCUT2D eigenvalue weighted by Crippen LogP contribution is 2.12. The topological polar surface area (TPSA) is 101 Å². The molecular weight excluding hydrogens is 278 g/mol. The van der Waals surface area contributed by atoms with Gasteiger partial charge in [0.15, 0.2) is 0 Å². The molecule has 112 valence electrons. The highest BCUT2D eigenvalue weighted by atomic mass is 32.2. The van der Waals surface area contributed by atoms with E-state index in [1.165, 1.54) is 0 Å². The van der Waals surface area contributed by atoms with Crippen molar-refractivity contribution in [2.45, 2.75) is 20.3 Å². The van der Waals surface area contributed by atoms with Crippen molar-refractivity contribution < 1.29 is 13.2 Å². The van der Waals surface area contributed by atoms with Gasteiger partial charge >= 0.3 is 0 Å². The van der Waals surface area contributed by atoms with Crippen molar-refractivity contribution in [3.63, 3.8) is 0 Å². The molecule has 7 heteroatoms. The largest absolute Gasteiger partial charge is 0.399 e. The summed E-state index contributed by atoms with van der Waals surface area (Å²) in [6.07, 6.45) is 0.534. The van der Waals surface area contributed by atoms with Gasteiger partial charge in [-0.2, -0.15) is 0 Å². The predicted octanol–water partition coefficient (Wildman–Crippen LogP) is 0.636. The van der Waals surface area contributed by atoms with E-state index in [0.29, 0.717) is 30.8 Å². The zero-order valence-corrected chi connectivity index (χ0v) is 12.6. The van der Waals surface area contributed by atoms with E-state index in [4.69, 9.17) is 5.73 Å². The predicted molar refractivity (Wildman–Crippen MR) is 80.0 cm³/mol. The summed E-state index contributed by atoms with van der Waals surface area (Å²) in [5.74, 6) is -0.143. The van der Waals surface area contributed by atoms with Gasteiger partial charge in [0.05, 0.1) is 5.75 Å². The number of anilines is 1. The molecule has 0 aliphatic heterocycles. The highest BCUT2D eigenvalue weighted by Gasteiger charge is 2.09. The number of hydrogen-bond acceptors (Lipinski definition) is 4. The second-order valence-electron chi connectivity index (χ2n) is 4.48. The van der Waals surface area contributed by atoms with Crippen LogP contribution in [0.5, 0.6) is 0 Å². The van der Waals surface area contributed by atoms with Crippen molar-refractivity contribution in [3.05, 3.63) is 29.3 Å². The lowest BCUT2D eigenvalue weighted by atomic mass is 10.1. The van der Waals surface area contributed by atoms with E-state index in [9.17, 15) is 13.2 Å². The van der Waals surface area contributed by atoms with Crippen molar-refractivity contribution in [2.75, 3.05) is 24.6 Å². The second-order valence-corrected chi connectivity index (χ2v) is 6.58. The fourth-order valence-electron chi connectivity index (χ4n) is 1.60. The third-order valence-corrected chi connectivity index (χ3v) is 4.25. The van der Waals surface area contributed by atoms with E-state index in [2.05, 4.69) is 10.0 Å². The third kappa shape index (κ3) is 5.18. The Morgan fingerprint density at radius 2 is 2.00 bits per heavy atom. The average molecular weight is 299 g/mol. The van der Waals surface area contributed by atoms with E-state index < -0.39 is 10.0 Å². The number of nitrogens with two attached hydrogens (primary N) is 1. The Labute approximate surface area is 119 Å². The summed E-state index contributed by atoms with van der Waals surface area (Å²) in [4.78, 5) is 11.9. The molecule has 0 saturated heterocycles. The van der Waals surface area contributed by atoms with Gasteiger partial charge in [0.25, 0.3) is 5.91 Å². The Morgan fingerprint density at radius 3 is 2.65 bits per heavy atom. The molecule has 0 atom stereocenters. The Balaban J connectivity index is 2.39. The molecule has 6 nitrogen and oxygen atoms in total. The van der Waals surface area contributed by atoms with Crippen LogP contribution in [-0.2, 0) is 10.0 Å². The van der Waals surface area contributed by atoms with Gasteiger partial charge in [-0.1, -0.05) is 6.07 Å². The number of nitrogen functional groups attached to an aromatic ring is 1. The monoisotopic (exact) mass is 299 g/mol. The van der Waals surface area contributed by atoms with Crippen LogP contribution >= 0.6 is 0 Å². The van der Waals surface area contributed by atoms with E-state index in [1.54, 1.807) is 25.1 Å². The number of carbonyl (C=O) groups is 1. The maximum Gasteiger partial charge on any atom is 0.251 e. The minimum Gasteiger partial charge on any atom is -0.399 e. The van der Waals surface area contributed by atoms with Crippen LogP contribution in [0, 0.1) is 6.92 Å². The van der Waals surface area contributed by atoms with Crippen LogP contribution in [0.25, 0.3) is 0 Å². The third-order valence-electron chi connectivity index (χ3n) is 2.85. The van der Waals surface area contributed by atoms with E-state index in [1.807, 2.05) is 6.92 Å². The number of hydrogen-bond donors (Lipinski definition) is 3. The Bertz CT molecular complexity index is 570. The quantitative estimate of drug-likeness (QED) is 0.508. The first kappa shape index (κ1) is 16.5. The second kappa shape index (κ2) is 7.25. The first-order valence-corrected chi connectivity index (χ1v) is 8.12. The summed E-state index contributed by atoms with van der Waals surface area (Å²) in [6, 6.07) is 5.16.